The monoisotopic (exact) mass is 328 g/mol. The Morgan fingerprint density at radius 1 is 1.38 bits per heavy atom. The van der Waals surface area contributed by atoms with E-state index in [9.17, 15) is 9.18 Å². The molecule has 5 nitrogen and oxygen atoms in total. The summed E-state index contributed by atoms with van der Waals surface area (Å²) in [5.41, 5.74) is 2.34. The maximum absolute atomic E-state index is 14.0. The largest absolute Gasteiger partial charge is 0.332 e. The predicted molar refractivity (Wildman–Crippen MR) is 88.8 cm³/mol. The van der Waals surface area contributed by atoms with Gasteiger partial charge in [0.15, 0.2) is 0 Å². The van der Waals surface area contributed by atoms with Gasteiger partial charge < -0.3 is 10.6 Å². The molecule has 0 aliphatic heterocycles. The van der Waals surface area contributed by atoms with E-state index in [0.29, 0.717) is 24.4 Å². The number of benzene rings is 1. The van der Waals surface area contributed by atoms with Crippen molar-refractivity contribution in [2.24, 2.45) is 5.92 Å². The highest BCUT2D eigenvalue weighted by atomic mass is 19.1. The fourth-order valence-electron chi connectivity index (χ4n) is 3.16. The van der Waals surface area contributed by atoms with Crippen LogP contribution in [0.2, 0.25) is 0 Å². The van der Waals surface area contributed by atoms with Crippen LogP contribution in [0.25, 0.3) is 0 Å². The van der Waals surface area contributed by atoms with Crippen LogP contribution < -0.4 is 10.6 Å². The first-order valence-electron chi connectivity index (χ1n) is 8.15. The van der Waals surface area contributed by atoms with Crippen molar-refractivity contribution in [2.45, 2.75) is 39.3 Å². The fraction of sp³-hybridized carbons (Fsp3) is 0.389. The summed E-state index contributed by atoms with van der Waals surface area (Å²) < 4.78 is 14.0. The van der Waals surface area contributed by atoms with Crippen LogP contribution in [0, 0.1) is 18.7 Å². The summed E-state index contributed by atoms with van der Waals surface area (Å²) >= 11 is 0. The van der Waals surface area contributed by atoms with Crippen molar-refractivity contribution < 1.29 is 9.18 Å². The number of aryl methyl sites for hydroxylation is 1. The molecule has 0 fully saturated rings. The number of amides is 2. The van der Waals surface area contributed by atoms with E-state index in [2.05, 4.69) is 27.5 Å². The van der Waals surface area contributed by atoms with Gasteiger partial charge in [0.05, 0.1) is 18.3 Å². The Labute approximate surface area is 140 Å². The Morgan fingerprint density at radius 3 is 3.00 bits per heavy atom. The van der Waals surface area contributed by atoms with Gasteiger partial charge in [0.2, 0.25) is 0 Å². The molecule has 126 valence electrons. The number of carbonyl (C=O) groups excluding carboxylic acids is 1. The lowest BCUT2D eigenvalue weighted by Crippen LogP contribution is -2.41. The zero-order valence-electron chi connectivity index (χ0n) is 13.8. The fourth-order valence-corrected chi connectivity index (χ4v) is 3.16. The number of hydrogen-bond acceptors (Lipinski definition) is 3. The maximum Gasteiger partial charge on any atom is 0.315 e. The van der Waals surface area contributed by atoms with E-state index in [4.69, 9.17) is 0 Å². The van der Waals surface area contributed by atoms with Crippen molar-refractivity contribution in [3.63, 3.8) is 0 Å². The molecular formula is C18H21FN4O. The highest BCUT2D eigenvalue weighted by Gasteiger charge is 2.29. The summed E-state index contributed by atoms with van der Waals surface area (Å²) in [5.74, 6) is 0.731. The van der Waals surface area contributed by atoms with Gasteiger partial charge in [0.25, 0.3) is 0 Å². The second kappa shape index (κ2) is 6.95. The Hall–Kier alpha value is -2.50. The van der Waals surface area contributed by atoms with Gasteiger partial charge in [-0.25, -0.2) is 19.2 Å². The third-order valence-electron chi connectivity index (χ3n) is 4.46. The Morgan fingerprint density at radius 2 is 2.21 bits per heavy atom. The van der Waals surface area contributed by atoms with Crippen LogP contribution in [0.15, 0.2) is 30.5 Å². The second-order valence-corrected chi connectivity index (χ2v) is 6.22. The van der Waals surface area contributed by atoms with Crippen molar-refractivity contribution in [1.29, 1.82) is 0 Å². The van der Waals surface area contributed by atoms with Crippen LogP contribution in [-0.4, -0.2) is 16.0 Å². The smallest absolute Gasteiger partial charge is 0.315 e. The summed E-state index contributed by atoms with van der Waals surface area (Å²) in [6, 6.07) is 6.37. The summed E-state index contributed by atoms with van der Waals surface area (Å²) in [5, 5.41) is 5.78. The Kier molecular flexibility index (Phi) is 4.74. The number of urea groups is 1. The van der Waals surface area contributed by atoms with Gasteiger partial charge in [-0.2, -0.15) is 0 Å². The number of halogens is 1. The second-order valence-electron chi connectivity index (χ2n) is 6.22. The molecule has 1 aromatic carbocycles. The van der Waals surface area contributed by atoms with Crippen LogP contribution in [0.1, 0.15) is 42.0 Å². The highest BCUT2D eigenvalue weighted by Crippen LogP contribution is 2.35. The molecule has 2 unspecified atom stereocenters. The highest BCUT2D eigenvalue weighted by molar-refractivity contribution is 5.74. The van der Waals surface area contributed by atoms with Gasteiger partial charge in [-0.1, -0.05) is 19.1 Å². The number of fused-ring (bicyclic) bond motifs is 1. The lowest BCUT2D eigenvalue weighted by atomic mass is 9.80. The Bertz CT molecular complexity index is 750. The summed E-state index contributed by atoms with van der Waals surface area (Å²) in [6.07, 6.45) is 3.23. The number of nitrogens with zero attached hydrogens (tertiary/aromatic N) is 2. The van der Waals surface area contributed by atoms with Gasteiger partial charge in [0.1, 0.15) is 11.6 Å². The first kappa shape index (κ1) is 16.4. The quantitative estimate of drug-likeness (QED) is 0.910. The van der Waals surface area contributed by atoms with Crippen molar-refractivity contribution in [3.05, 3.63) is 58.9 Å². The first-order valence-corrected chi connectivity index (χ1v) is 8.15. The summed E-state index contributed by atoms with van der Waals surface area (Å²) in [4.78, 5) is 20.5. The van der Waals surface area contributed by atoms with E-state index in [1.807, 2.05) is 6.07 Å². The van der Waals surface area contributed by atoms with Crippen LogP contribution in [0.3, 0.4) is 0 Å². The molecule has 24 heavy (non-hydrogen) atoms. The standard InChI is InChI=1S/C18H21FN4O/c1-11-6-7-14-15(4-3-5-16(14)19)17(11)23-18(24)21-10-13-8-9-20-12(2)22-13/h3-5,8-9,11,17H,6-7,10H2,1-2H3,(H2,21,23,24). The van der Waals surface area contributed by atoms with Crippen LogP contribution in [0.5, 0.6) is 0 Å². The minimum atomic E-state index is -0.278. The van der Waals surface area contributed by atoms with E-state index < -0.39 is 0 Å². The van der Waals surface area contributed by atoms with E-state index >= 15 is 0 Å². The summed E-state index contributed by atoms with van der Waals surface area (Å²) in [6.45, 7) is 4.21. The van der Waals surface area contributed by atoms with Gasteiger partial charge in [-0.05, 0) is 48.9 Å². The molecule has 2 amide bonds. The van der Waals surface area contributed by atoms with Gasteiger partial charge >= 0.3 is 6.03 Å². The van der Waals surface area contributed by atoms with E-state index in [1.165, 1.54) is 6.07 Å². The number of carbonyl (C=O) groups is 1. The minimum Gasteiger partial charge on any atom is -0.332 e. The molecule has 1 aromatic heterocycles. The third-order valence-corrected chi connectivity index (χ3v) is 4.46. The van der Waals surface area contributed by atoms with Crippen molar-refractivity contribution in [3.8, 4) is 0 Å². The molecule has 2 N–H and O–H groups in total. The van der Waals surface area contributed by atoms with Crippen LogP contribution in [-0.2, 0) is 13.0 Å². The molecular weight excluding hydrogens is 307 g/mol. The minimum absolute atomic E-state index is 0.184. The van der Waals surface area contributed by atoms with Gasteiger partial charge in [-0.3, -0.25) is 0 Å². The van der Waals surface area contributed by atoms with Crippen molar-refractivity contribution in [1.82, 2.24) is 20.6 Å². The molecule has 0 saturated heterocycles. The molecule has 0 saturated carbocycles. The average Bonchev–Trinajstić information content (AvgIpc) is 2.56. The third kappa shape index (κ3) is 3.53. The number of aromatic nitrogens is 2. The van der Waals surface area contributed by atoms with E-state index in [0.717, 1.165) is 17.7 Å². The predicted octanol–water partition coefficient (Wildman–Crippen LogP) is 3.05. The number of nitrogens with one attached hydrogen (secondary N) is 2. The number of rotatable bonds is 3. The normalized spacial score (nSPS) is 19.5. The molecule has 1 aliphatic rings. The van der Waals surface area contributed by atoms with Crippen molar-refractivity contribution in [2.75, 3.05) is 0 Å². The SMILES string of the molecule is Cc1nccc(CNC(=O)NC2c3cccc(F)c3CCC2C)n1. The van der Waals surface area contributed by atoms with E-state index in [-0.39, 0.29) is 23.8 Å². The molecule has 0 radical (unpaired) electrons. The molecule has 1 aliphatic carbocycles. The maximum atomic E-state index is 14.0. The number of hydrogen-bond donors (Lipinski definition) is 2. The first-order chi connectivity index (χ1) is 11.5. The zero-order chi connectivity index (χ0) is 17.1. The van der Waals surface area contributed by atoms with Crippen LogP contribution >= 0.6 is 0 Å². The van der Waals surface area contributed by atoms with Crippen LogP contribution in [0.4, 0.5) is 9.18 Å². The molecule has 1 heterocycles. The molecule has 0 spiro atoms. The molecule has 2 atom stereocenters. The molecule has 2 aromatic rings. The van der Waals surface area contributed by atoms with Crippen molar-refractivity contribution >= 4 is 6.03 Å². The van der Waals surface area contributed by atoms with Gasteiger partial charge in [-0.15, -0.1) is 0 Å². The molecule has 3 rings (SSSR count). The molecule has 0 bridgehead atoms. The zero-order valence-corrected chi connectivity index (χ0v) is 13.8. The summed E-state index contributed by atoms with van der Waals surface area (Å²) in [7, 11) is 0. The molecule has 6 heteroatoms. The lowest BCUT2D eigenvalue weighted by Gasteiger charge is -2.32. The lowest BCUT2D eigenvalue weighted by molar-refractivity contribution is 0.229. The Balaban J connectivity index is 1.67. The van der Waals surface area contributed by atoms with E-state index in [1.54, 1.807) is 25.3 Å². The van der Waals surface area contributed by atoms with Gasteiger partial charge in [0, 0.05) is 6.20 Å². The average molecular weight is 328 g/mol. The topological polar surface area (TPSA) is 66.9 Å².